The Bertz CT molecular complexity index is 1250. The van der Waals surface area contributed by atoms with E-state index in [-0.39, 0.29) is 24.0 Å². The smallest absolute Gasteiger partial charge is 0.497 e. The summed E-state index contributed by atoms with van der Waals surface area (Å²) in [6.45, 7) is 0.136. The standard InChI is InChI=1S/C25H20F3NO5/c1-31-18-4-2-3-15(11-18)19-13-17(6-8-20(19)34-25(26,27)28)29-23(30)24(9-10-24)16-5-7-21-22(12-16)33-14-32-21/h2-8,11-13H,9-10,14H2,1H3,(H,29,30). The number of anilines is 1. The van der Waals surface area contributed by atoms with Crippen molar-refractivity contribution in [2.45, 2.75) is 24.6 Å². The number of rotatable bonds is 6. The average molecular weight is 471 g/mol. The lowest BCUT2D eigenvalue weighted by Gasteiger charge is -2.18. The first kappa shape index (κ1) is 21.9. The molecule has 0 radical (unpaired) electrons. The highest BCUT2D eigenvalue weighted by Gasteiger charge is 2.51. The van der Waals surface area contributed by atoms with E-state index in [1.165, 1.54) is 25.3 Å². The number of fused-ring (bicyclic) bond motifs is 1. The first-order valence-corrected chi connectivity index (χ1v) is 10.5. The molecule has 0 bridgehead atoms. The summed E-state index contributed by atoms with van der Waals surface area (Å²) in [4.78, 5) is 13.2. The van der Waals surface area contributed by atoms with Crippen molar-refractivity contribution in [1.82, 2.24) is 0 Å². The summed E-state index contributed by atoms with van der Waals surface area (Å²) in [6.07, 6.45) is -3.57. The summed E-state index contributed by atoms with van der Waals surface area (Å²) in [5.41, 5.74) is 1.05. The highest BCUT2D eigenvalue weighted by atomic mass is 19.4. The fraction of sp³-hybridized carbons (Fsp3) is 0.240. The predicted molar refractivity (Wildman–Crippen MR) is 117 cm³/mol. The predicted octanol–water partition coefficient (Wildman–Crippen LogP) is 5.66. The molecule has 0 saturated heterocycles. The molecule has 1 amide bonds. The molecule has 2 aliphatic rings. The fourth-order valence-corrected chi connectivity index (χ4v) is 4.05. The van der Waals surface area contributed by atoms with E-state index in [0.29, 0.717) is 41.3 Å². The number of alkyl halides is 3. The van der Waals surface area contributed by atoms with Crippen LogP contribution in [0, 0.1) is 0 Å². The Kier molecular flexibility index (Phi) is 5.27. The summed E-state index contributed by atoms with van der Waals surface area (Å²) in [5, 5.41) is 2.86. The summed E-state index contributed by atoms with van der Waals surface area (Å²) in [7, 11) is 1.47. The Morgan fingerprint density at radius 3 is 2.53 bits per heavy atom. The number of methoxy groups -OCH3 is 1. The van der Waals surface area contributed by atoms with Gasteiger partial charge in [0.05, 0.1) is 12.5 Å². The van der Waals surface area contributed by atoms with Crippen LogP contribution in [-0.4, -0.2) is 26.2 Å². The second-order valence-corrected chi connectivity index (χ2v) is 8.09. The molecule has 1 fully saturated rings. The van der Waals surface area contributed by atoms with Crippen molar-refractivity contribution >= 4 is 11.6 Å². The third-order valence-electron chi connectivity index (χ3n) is 5.95. The number of hydrogen-bond donors (Lipinski definition) is 1. The van der Waals surface area contributed by atoms with Gasteiger partial charge in [0.2, 0.25) is 12.7 Å². The molecule has 0 aromatic heterocycles. The van der Waals surface area contributed by atoms with Crippen LogP contribution in [0.15, 0.2) is 60.7 Å². The van der Waals surface area contributed by atoms with Gasteiger partial charge in [-0.05, 0) is 66.4 Å². The quantitative estimate of drug-likeness (QED) is 0.503. The Balaban J connectivity index is 1.45. The van der Waals surface area contributed by atoms with Crippen molar-refractivity contribution in [3.05, 3.63) is 66.2 Å². The van der Waals surface area contributed by atoms with E-state index in [0.717, 1.165) is 5.56 Å². The van der Waals surface area contributed by atoms with E-state index in [1.807, 2.05) is 6.07 Å². The van der Waals surface area contributed by atoms with E-state index in [2.05, 4.69) is 10.1 Å². The molecule has 3 aromatic rings. The van der Waals surface area contributed by atoms with Crippen LogP contribution >= 0.6 is 0 Å². The number of ether oxygens (including phenoxy) is 4. The van der Waals surface area contributed by atoms with Crippen LogP contribution in [0.2, 0.25) is 0 Å². The van der Waals surface area contributed by atoms with Crippen LogP contribution in [0.1, 0.15) is 18.4 Å². The maximum absolute atomic E-state index is 13.2. The number of nitrogens with one attached hydrogen (secondary N) is 1. The monoisotopic (exact) mass is 471 g/mol. The molecular formula is C25H20F3NO5. The molecule has 3 aromatic carbocycles. The van der Waals surface area contributed by atoms with Gasteiger partial charge >= 0.3 is 6.36 Å². The van der Waals surface area contributed by atoms with E-state index < -0.39 is 11.8 Å². The topological polar surface area (TPSA) is 66.0 Å². The second kappa shape index (κ2) is 8.16. The Morgan fingerprint density at radius 1 is 1.00 bits per heavy atom. The van der Waals surface area contributed by atoms with Crippen LogP contribution in [0.5, 0.6) is 23.0 Å². The fourth-order valence-electron chi connectivity index (χ4n) is 4.05. The zero-order valence-electron chi connectivity index (χ0n) is 18.1. The number of carbonyl (C=O) groups excluding carboxylic acids is 1. The van der Waals surface area contributed by atoms with E-state index >= 15 is 0 Å². The largest absolute Gasteiger partial charge is 0.573 e. The Morgan fingerprint density at radius 2 is 1.79 bits per heavy atom. The minimum Gasteiger partial charge on any atom is -0.497 e. The van der Waals surface area contributed by atoms with Crippen LogP contribution < -0.4 is 24.3 Å². The molecule has 1 heterocycles. The van der Waals surface area contributed by atoms with Crippen LogP contribution in [0.3, 0.4) is 0 Å². The van der Waals surface area contributed by atoms with Gasteiger partial charge in [-0.25, -0.2) is 0 Å². The highest BCUT2D eigenvalue weighted by Crippen LogP contribution is 2.51. The van der Waals surface area contributed by atoms with Gasteiger partial charge in [0.15, 0.2) is 11.5 Å². The van der Waals surface area contributed by atoms with E-state index in [1.54, 1.807) is 36.4 Å². The molecule has 1 saturated carbocycles. The average Bonchev–Trinajstić information content (AvgIpc) is 3.50. The molecule has 1 N–H and O–H groups in total. The minimum atomic E-state index is -4.87. The molecular weight excluding hydrogens is 451 g/mol. The van der Waals surface area contributed by atoms with Crippen molar-refractivity contribution in [3.8, 4) is 34.1 Å². The first-order valence-electron chi connectivity index (χ1n) is 10.5. The summed E-state index contributed by atoms with van der Waals surface area (Å²) in [6, 6.07) is 16.0. The molecule has 0 spiro atoms. The molecule has 1 aliphatic heterocycles. The molecule has 176 valence electrons. The molecule has 0 atom stereocenters. The molecule has 5 rings (SSSR count). The molecule has 0 unspecified atom stereocenters. The zero-order chi connectivity index (χ0) is 23.9. The van der Waals surface area contributed by atoms with E-state index in [9.17, 15) is 18.0 Å². The highest BCUT2D eigenvalue weighted by molar-refractivity contribution is 6.02. The maximum atomic E-state index is 13.2. The van der Waals surface area contributed by atoms with Crippen LogP contribution in [0.4, 0.5) is 18.9 Å². The normalized spacial score (nSPS) is 15.5. The molecule has 1 aliphatic carbocycles. The van der Waals surface area contributed by atoms with Crippen LogP contribution in [0.25, 0.3) is 11.1 Å². The van der Waals surface area contributed by atoms with Crippen molar-refractivity contribution < 1.29 is 36.9 Å². The van der Waals surface area contributed by atoms with E-state index in [4.69, 9.17) is 14.2 Å². The lowest BCUT2D eigenvalue weighted by Crippen LogP contribution is -2.27. The van der Waals surface area contributed by atoms with Gasteiger partial charge in [0.25, 0.3) is 0 Å². The number of carbonyl (C=O) groups is 1. The number of hydrogen-bond acceptors (Lipinski definition) is 5. The summed E-state index contributed by atoms with van der Waals surface area (Å²) >= 11 is 0. The number of benzene rings is 3. The van der Waals surface area contributed by atoms with Gasteiger partial charge in [-0.2, -0.15) is 0 Å². The first-order chi connectivity index (χ1) is 16.3. The van der Waals surface area contributed by atoms with Gasteiger partial charge in [-0.1, -0.05) is 18.2 Å². The zero-order valence-corrected chi connectivity index (χ0v) is 18.1. The molecule has 34 heavy (non-hydrogen) atoms. The van der Waals surface area contributed by atoms with Crippen molar-refractivity contribution in [2.75, 3.05) is 19.2 Å². The minimum absolute atomic E-state index is 0.136. The van der Waals surface area contributed by atoms with Crippen LogP contribution in [-0.2, 0) is 10.2 Å². The van der Waals surface area contributed by atoms with Gasteiger partial charge in [0.1, 0.15) is 11.5 Å². The van der Waals surface area contributed by atoms with Crippen molar-refractivity contribution in [2.24, 2.45) is 0 Å². The maximum Gasteiger partial charge on any atom is 0.573 e. The SMILES string of the molecule is COc1cccc(-c2cc(NC(=O)C3(c4ccc5c(c4)OCO5)CC3)ccc2OC(F)(F)F)c1. The van der Waals surface area contributed by atoms with Crippen molar-refractivity contribution in [3.63, 3.8) is 0 Å². The lowest BCUT2D eigenvalue weighted by molar-refractivity contribution is -0.274. The van der Waals surface area contributed by atoms with Crippen molar-refractivity contribution in [1.29, 1.82) is 0 Å². The van der Waals surface area contributed by atoms with Gasteiger partial charge in [0, 0.05) is 11.3 Å². The number of halogens is 3. The second-order valence-electron chi connectivity index (χ2n) is 8.09. The van der Waals surface area contributed by atoms with Gasteiger partial charge < -0.3 is 24.3 Å². The summed E-state index contributed by atoms with van der Waals surface area (Å²) < 4.78 is 59.2. The Hall–Kier alpha value is -3.88. The Labute approximate surface area is 193 Å². The third-order valence-corrected chi connectivity index (χ3v) is 5.95. The molecule has 9 heteroatoms. The lowest BCUT2D eigenvalue weighted by atomic mass is 9.94. The third kappa shape index (κ3) is 4.21. The van der Waals surface area contributed by atoms with Gasteiger partial charge in [-0.15, -0.1) is 13.2 Å². The van der Waals surface area contributed by atoms with Gasteiger partial charge in [-0.3, -0.25) is 4.79 Å². The summed E-state index contributed by atoms with van der Waals surface area (Å²) in [5.74, 6) is 1.07. The number of amides is 1. The molecule has 6 nitrogen and oxygen atoms in total.